The molecule has 3 N–H and O–H groups in total. The van der Waals surface area contributed by atoms with E-state index in [2.05, 4.69) is 97.2 Å². The molecule has 9 rings (SSSR count). The van der Waals surface area contributed by atoms with Crippen LogP contribution >= 0.6 is 0 Å². The van der Waals surface area contributed by atoms with Gasteiger partial charge in [-0.2, -0.15) is 0 Å². The highest BCUT2D eigenvalue weighted by molar-refractivity contribution is 6.06. The molecule has 0 atom stereocenters. The summed E-state index contributed by atoms with van der Waals surface area (Å²) in [5, 5.41) is 11.6. The molecular formula is C45H51N9O4. The van der Waals surface area contributed by atoms with Gasteiger partial charge in [0, 0.05) is 112 Å². The van der Waals surface area contributed by atoms with Crippen molar-refractivity contribution in [3.63, 3.8) is 0 Å². The molecule has 4 aliphatic heterocycles. The number of benzene rings is 3. The number of amides is 3. The molecule has 3 saturated heterocycles. The predicted octanol–water partition coefficient (Wildman–Crippen LogP) is 6.96. The highest BCUT2D eigenvalue weighted by atomic mass is 16.5. The lowest BCUT2D eigenvalue weighted by Crippen LogP contribution is -2.50. The van der Waals surface area contributed by atoms with Gasteiger partial charge in [0.25, 0.3) is 0 Å². The van der Waals surface area contributed by atoms with Crippen molar-refractivity contribution in [1.29, 1.82) is 0 Å². The van der Waals surface area contributed by atoms with Crippen LogP contribution in [0.1, 0.15) is 30.4 Å². The number of carbonyl (C=O) groups is 2. The van der Waals surface area contributed by atoms with Gasteiger partial charge in [-0.25, -0.2) is 14.8 Å². The number of pyridine rings is 2. The number of aryl methyl sites for hydroxylation is 1. The molecule has 0 radical (unpaired) electrons. The number of urea groups is 1. The van der Waals surface area contributed by atoms with Crippen LogP contribution in [0.4, 0.5) is 39.0 Å². The van der Waals surface area contributed by atoms with E-state index in [0.29, 0.717) is 31.4 Å². The molecule has 0 spiro atoms. The number of hydrogen-bond acceptors (Lipinski definition) is 11. The van der Waals surface area contributed by atoms with Gasteiger partial charge in [-0.05, 0) is 97.1 Å². The maximum Gasteiger partial charge on any atom is 0.328 e. The Kier molecular flexibility index (Phi) is 10.4. The number of fused-ring (bicyclic) bond motifs is 2. The molecule has 300 valence electrons. The minimum Gasteiger partial charge on any atom is -0.495 e. The third kappa shape index (κ3) is 7.66. The van der Waals surface area contributed by atoms with E-state index in [0.717, 1.165) is 133 Å². The van der Waals surface area contributed by atoms with Crippen molar-refractivity contribution in [1.82, 2.24) is 20.2 Å². The van der Waals surface area contributed by atoms with Crippen molar-refractivity contribution in [2.75, 3.05) is 98.0 Å². The molecule has 3 amide bonds. The fourth-order valence-corrected chi connectivity index (χ4v) is 8.90. The molecule has 3 fully saturated rings. The molecule has 0 aliphatic carbocycles. The lowest BCUT2D eigenvalue weighted by molar-refractivity contribution is -0.120. The minimum absolute atomic E-state index is 0.214. The number of rotatable bonds is 9. The third-order valence-electron chi connectivity index (χ3n) is 12.2. The number of anilines is 6. The lowest BCUT2D eigenvalue weighted by Gasteiger charge is -2.40. The van der Waals surface area contributed by atoms with Crippen molar-refractivity contribution >= 4 is 57.0 Å². The van der Waals surface area contributed by atoms with E-state index in [-0.39, 0.29) is 11.9 Å². The van der Waals surface area contributed by atoms with Crippen molar-refractivity contribution in [2.45, 2.75) is 33.1 Å². The van der Waals surface area contributed by atoms with Crippen LogP contribution in [0.3, 0.4) is 0 Å². The Labute approximate surface area is 339 Å². The Bertz CT molecular complexity index is 2350. The SMILES string of the molecule is COc1cc(Nc2cc3cc(-c4cnc5c(c4C)NCCO5)ccc3cn2)ccc1N1CCC(CN2CCN(c3ccc(N4CCC(=O)NC4=O)c(C)c3)CC2)CC1. The molecular weight excluding hydrogens is 731 g/mol. The van der Waals surface area contributed by atoms with E-state index in [4.69, 9.17) is 14.5 Å². The molecule has 0 unspecified atom stereocenters. The molecule has 13 heteroatoms. The van der Waals surface area contributed by atoms with Crippen LogP contribution in [0.15, 0.2) is 73.1 Å². The standard InChI is InChI=1S/C45H51N9O4/c1-29-22-36(7-9-38(29)54-16-12-42(55)50-45(54)56)52-19-17-51(18-20-52)28-31-10-14-53(15-11-31)39-8-6-35(25-40(39)57-3)49-41-24-34-23-32(4-5-33(34)26-47-41)37-27-48-44-43(30(37)2)46-13-21-58-44/h4-9,22-27,31,46H,10-21,28H2,1-3H3,(H,47,49)(H,50,55,56). The number of piperazine rings is 1. The Morgan fingerprint density at radius 3 is 2.47 bits per heavy atom. The molecule has 13 nitrogen and oxygen atoms in total. The largest absolute Gasteiger partial charge is 0.495 e. The van der Waals surface area contributed by atoms with Gasteiger partial charge in [-0.3, -0.25) is 19.9 Å². The van der Waals surface area contributed by atoms with Crippen molar-refractivity contribution in [3.8, 4) is 22.8 Å². The predicted molar refractivity (Wildman–Crippen MR) is 230 cm³/mol. The van der Waals surface area contributed by atoms with Crippen LogP contribution in [0, 0.1) is 19.8 Å². The van der Waals surface area contributed by atoms with E-state index in [1.54, 1.807) is 12.0 Å². The lowest BCUT2D eigenvalue weighted by atomic mass is 9.95. The summed E-state index contributed by atoms with van der Waals surface area (Å²) in [6, 6.07) is 20.8. The van der Waals surface area contributed by atoms with Crippen molar-refractivity contribution in [2.24, 2.45) is 5.92 Å². The summed E-state index contributed by atoms with van der Waals surface area (Å²) in [5.41, 5.74) is 9.42. The van der Waals surface area contributed by atoms with E-state index in [9.17, 15) is 9.59 Å². The van der Waals surface area contributed by atoms with Gasteiger partial charge < -0.3 is 29.9 Å². The van der Waals surface area contributed by atoms with Crippen LogP contribution in [-0.2, 0) is 4.79 Å². The summed E-state index contributed by atoms with van der Waals surface area (Å²) >= 11 is 0. The second kappa shape index (κ2) is 16.0. The average molecular weight is 782 g/mol. The normalized spacial score (nSPS) is 17.7. The van der Waals surface area contributed by atoms with Crippen LogP contribution in [0.2, 0.25) is 0 Å². The average Bonchev–Trinajstić information content (AvgIpc) is 3.24. The summed E-state index contributed by atoms with van der Waals surface area (Å²) < 4.78 is 11.7. The summed E-state index contributed by atoms with van der Waals surface area (Å²) in [4.78, 5) is 42.5. The number of nitrogens with zero attached hydrogens (tertiary/aromatic N) is 6. The fourth-order valence-electron chi connectivity index (χ4n) is 8.90. The molecule has 6 heterocycles. The first-order valence-corrected chi connectivity index (χ1v) is 20.5. The number of aromatic nitrogens is 2. The number of hydrogen-bond donors (Lipinski definition) is 3. The quantitative estimate of drug-likeness (QED) is 0.144. The molecule has 2 aromatic heterocycles. The smallest absolute Gasteiger partial charge is 0.328 e. The minimum atomic E-state index is -0.341. The van der Waals surface area contributed by atoms with Crippen molar-refractivity contribution in [3.05, 3.63) is 84.2 Å². The highest BCUT2D eigenvalue weighted by Gasteiger charge is 2.28. The maximum absolute atomic E-state index is 12.4. The monoisotopic (exact) mass is 781 g/mol. The molecule has 4 aliphatic rings. The molecule has 3 aromatic carbocycles. The van der Waals surface area contributed by atoms with Crippen LogP contribution in [-0.4, -0.2) is 99.4 Å². The summed E-state index contributed by atoms with van der Waals surface area (Å²) in [5.74, 6) is 2.74. The van der Waals surface area contributed by atoms with Gasteiger partial charge in [0.1, 0.15) is 23.9 Å². The number of carbonyl (C=O) groups excluding carboxylic acids is 2. The number of piperidine rings is 1. The summed E-state index contributed by atoms with van der Waals surface area (Å²) in [7, 11) is 1.75. The zero-order chi connectivity index (χ0) is 39.8. The first-order valence-electron chi connectivity index (χ1n) is 20.5. The van der Waals surface area contributed by atoms with Crippen LogP contribution in [0.25, 0.3) is 21.9 Å². The van der Waals surface area contributed by atoms with Gasteiger partial charge in [0.05, 0.1) is 12.8 Å². The zero-order valence-corrected chi connectivity index (χ0v) is 33.5. The van der Waals surface area contributed by atoms with Gasteiger partial charge in [0.15, 0.2) is 0 Å². The first-order chi connectivity index (χ1) is 28.3. The van der Waals surface area contributed by atoms with E-state index >= 15 is 0 Å². The number of methoxy groups -OCH3 is 1. The molecule has 0 bridgehead atoms. The third-order valence-corrected chi connectivity index (χ3v) is 12.2. The van der Waals surface area contributed by atoms with E-state index < -0.39 is 0 Å². The number of ether oxygens (including phenoxy) is 2. The second-order valence-electron chi connectivity index (χ2n) is 15.8. The van der Waals surface area contributed by atoms with Gasteiger partial charge >= 0.3 is 6.03 Å². The van der Waals surface area contributed by atoms with Crippen molar-refractivity contribution < 1.29 is 19.1 Å². The molecule has 5 aromatic rings. The van der Waals surface area contributed by atoms with E-state index in [1.165, 1.54) is 5.69 Å². The Balaban J connectivity index is 0.783. The fraction of sp³-hybridized carbons (Fsp3) is 0.378. The van der Waals surface area contributed by atoms with Gasteiger partial charge in [0.2, 0.25) is 11.8 Å². The van der Waals surface area contributed by atoms with E-state index in [1.807, 2.05) is 25.4 Å². The second-order valence-corrected chi connectivity index (χ2v) is 15.8. The van der Waals surface area contributed by atoms with Gasteiger partial charge in [-0.15, -0.1) is 0 Å². The Hall–Kier alpha value is -6.08. The topological polar surface area (TPSA) is 127 Å². The van der Waals surface area contributed by atoms with Gasteiger partial charge in [-0.1, -0.05) is 12.1 Å². The highest BCUT2D eigenvalue weighted by Crippen LogP contribution is 2.38. The maximum atomic E-state index is 12.4. The van der Waals surface area contributed by atoms with Crippen LogP contribution < -0.4 is 40.1 Å². The van der Waals surface area contributed by atoms with Crippen LogP contribution in [0.5, 0.6) is 11.6 Å². The Morgan fingerprint density at radius 1 is 0.845 bits per heavy atom. The first kappa shape index (κ1) is 37.5. The zero-order valence-electron chi connectivity index (χ0n) is 33.5. The number of imide groups is 1. The number of nitrogens with one attached hydrogen (secondary N) is 3. The Morgan fingerprint density at radius 2 is 1.67 bits per heavy atom. The molecule has 0 saturated carbocycles. The summed E-state index contributed by atoms with van der Waals surface area (Å²) in [6.07, 6.45) is 6.43. The molecule has 58 heavy (non-hydrogen) atoms. The summed E-state index contributed by atoms with van der Waals surface area (Å²) in [6.45, 7) is 13.1.